The third-order valence-corrected chi connectivity index (χ3v) is 6.88. The van der Waals surface area contributed by atoms with E-state index in [2.05, 4.69) is 25.2 Å². The van der Waals surface area contributed by atoms with Gasteiger partial charge in [-0.05, 0) is 47.7 Å². The Balaban J connectivity index is 1.73. The van der Waals surface area contributed by atoms with Crippen LogP contribution < -0.4 is 10.2 Å². The Morgan fingerprint density at radius 2 is 1.62 bits per heavy atom. The van der Waals surface area contributed by atoms with Gasteiger partial charge in [-0.25, -0.2) is 0 Å². The monoisotopic (exact) mass is 467 g/mol. The fraction of sp³-hybridized carbons (Fsp3) is 0.179. The predicted octanol–water partition coefficient (Wildman–Crippen LogP) is 5.87. The second kappa shape index (κ2) is 10.4. The van der Waals surface area contributed by atoms with Crippen molar-refractivity contribution in [2.45, 2.75) is 31.4 Å². The van der Waals surface area contributed by atoms with E-state index in [1.54, 1.807) is 24.3 Å². The molecule has 1 aliphatic rings. The molecule has 0 saturated carbocycles. The van der Waals surface area contributed by atoms with E-state index in [0.29, 0.717) is 28.7 Å². The van der Waals surface area contributed by atoms with Gasteiger partial charge in [0, 0.05) is 11.4 Å². The summed E-state index contributed by atoms with van der Waals surface area (Å²) >= 11 is 1.27. The first kappa shape index (κ1) is 23.3. The first-order chi connectivity index (χ1) is 16.5. The van der Waals surface area contributed by atoms with Crippen LogP contribution in [0.4, 0.5) is 11.4 Å². The average molecular weight is 468 g/mol. The van der Waals surface area contributed by atoms with Crippen molar-refractivity contribution in [2.75, 3.05) is 10.2 Å². The standard InChI is InChI=1S/C28H25N3O2S/c1-19(2)21-13-15-23(16-14-21)31-27(33)25(17-20-9-5-3-6-10-20)34-28(31)24(18-29)26(32)30-22-11-7-4-8-12-22/h3-16,19,25H,17H2,1-2H3,(H,30,32)/b28-24-. The highest BCUT2D eigenvalue weighted by Gasteiger charge is 2.40. The molecule has 5 nitrogen and oxygen atoms in total. The minimum atomic E-state index is -0.534. The van der Waals surface area contributed by atoms with Gasteiger partial charge in [-0.3, -0.25) is 14.5 Å². The maximum Gasteiger partial charge on any atom is 0.269 e. The molecule has 1 atom stereocenters. The predicted molar refractivity (Wildman–Crippen MR) is 137 cm³/mol. The van der Waals surface area contributed by atoms with Crippen molar-refractivity contribution >= 4 is 35.0 Å². The SMILES string of the molecule is CC(C)c1ccc(N2C(=O)C(Cc3ccccc3)S/C2=C(/C#N)C(=O)Nc2ccccc2)cc1. The van der Waals surface area contributed by atoms with Crippen molar-refractivity contribution in [1.82, 2.24) is 0 Å². The smallest absolute Gasteiger partial charge is 0.269 e. The molecule has 4 rings (SSSR count). The van der Waals surface area contributed by atoms with Crippen LogP contribution in [0, 0.1) is 11.3 Å². The van der Waals surface area contributed by atoms with Gasteiger partial charge in [0.05, 0.1) is 5.25 Å². The van der Waals surface area contributed by atoms with Crippen molar-refractivity contribution in [1.29, 1.82) is 5.26 Å². The van der Waals surface area contributed by atoms with Gasteiger partial charge in [-0.2, -0.15) is 5.26 Å². The van der Waals surface area contributed by atoms with Crippen molar-refractivity contribution in [3.05, 3.63) is 107 Å². The molecule has 1 aliphatic heterocycles. The Kier molecular flexibility index (Phi) is 7.15. The summed E-state index contributed by atoms with van der Waals surface area (Å²) in [6.45, 7) is 4.21. The molecule has 3 aromatic carbocycles. The number of benzene rings is 3. The Bertz CT molecular complexity index is 1250. The molecular weight excluding hydrogens is 442 g/mol. The topological polar surface area (TPSA) is 73.2 Å². The number of anilines is 2. The van der Waals surface area contributed by atoms with E-state index in [0.717, 1.165) is 11.1 Å². The van der Waals surface area contributed by atoms with E-state index in [-0.39, 0.29) is 11.5 Å². The van der Waals surface area contributed by atoms with Gasteiger partial charge in [0.15, 0.2) is 0 Å². The summed E-state index contributed by atoms with van der Waals surface area (Å²) in [4.78, 5) is 28.2. The molecule has 1 fully saturated rings. The van der Waals surface area contributed by atoms with Crippen LogP contribution in [0.3, 0.4) is 0 Å². The molecule has 2 amide bonds. The maximum atomic E-state index is 13.6. The van der Waals surface area contributed by atoms with Crippen LogP contribution in [-0.2, 0) is 16.0 Å². The minimum absolute atomic E-state index is 0.0781. The zero-order valence-corrected chi connectivity index (χ0v) is 19.9. The quantitative estimate of drug-likeness (QED) is 0.363. The number of thioether (sulfide) groups is 1. The summed E-state index contributed by atoms with van der Waals surface area (Å²) in [6.07, 6.45) is 0.507. The maximum absolute atomic E-state index is 13.6. The normalized spacial score (nSPS) is 16.9. The molecule has 1 N–H and O–H groups in total. The number of para-hydroxylation sites is 1. The van der Waals surface area contributed by atoms with Crippen LogP contribution in [0.5, 0.6) is 0 Å². The van der Waals surface area contributed by atoms with Gasteiger partial charge in [-0.15, -0.1) is 0 Å². The fourth-order valence-corrected chi connectivity index (χ4v) is 5.08. The van der Waals surface area contributed by atoms with E-state index in [1.807, 2.05) is 60.7 Å². The highest BCUT2D eigenvalue weighted by Crippen LogP contribution is 2.42. The lowest BCUT2D eigenvalue weighted by Gasteiger charge is -2.19. The van der Waals surface area contributed by atoms with Crippen molar-refractivity contribution in [2.24, 2.45) is 0 Å². The lowest BCUT2D eigenvalue weighted by molar-refractivity contribution is -0.117. The Morgan fingerprint density at radius 1 is 1.00 bits per heavy atom. The molecule has 3 aromatic rings. The second-order valence-corrected chi connectivity index (χ2v) is 9.52. The number of hydrogen-bond acceptors (Lipinski definition) is 4. The summed E-state index contributed by atoms with van der Waals surface area (Å²) in [5.41, 5.74) is 3.33. The Hall–Kier alpha value is -3.82. The van der Waals surface area contributed by atoms with Crippen molar-refractivity contribution < 1.29 is 9.59 Å². The van der Waals surface area contributed by atoms with E-state index in [4.69, 9.17) is 0 Å². The fourth-order valence-electron chi connectivity index (χ4n) is 3.77. The highest BCUT2D eigenvalue weighted by atomic mass is 32.2. The van der Waals surface area contributed by atoms with E-state index >= 15 is 0 Å². The number of carbonyl (C=O) groups excluding carboxylic acids is 2. The molecule has 34 heavy (non-hydrogen) atoms. The third-order valence-electron chi connectivity index (χ3n) is 5.62. The summed E-state index contributed by atoms with van der Waals surface area (Å²) in [6, 6.07) is 28.5. The molecule has 1 unspecified atom stereocenters. The van der Waals surface area contributed by atoms with Crippen LogP contribution >= 0.6 is 11.8 Å². The second-order valence-electron chi connectivity index (χ2n) is 8.33. The van der Waals surface area contributed by atoms with Gasteiger partial charge in [0.25, 0.3) is 5.91 Å². The molecular formula is C28H25N3O2S. The van der Waals surface area contributed by atoms with Crippen LogP contribution in [0.2, 0.25) is 0 Å². The zero-order valence-electron chi connectivity index (χ0n) is 19.1. The van der Waals surface area contributed by atoms with Gasteiger partial charge in [0.2, 0.25) is 5.91 Å². The molecule has 0 aliphatic carbocycles. The Morgan fingerprint density at radius 3 is 2.21 bits per heavy atom. The lowest BCUT2D eigenvalue weighted by atomic mass is 10.0. The van der Waals surface area contributed by atoms with E-state index in [1.165, 1.54) is 16.7 Å². The molecule has 1 heterocycles. The summed E-state index contributed by atoms with van der Waals surface area (Å²) in [5, 5.41) is 12.7. The Labute approximate surface area is 204 Å². The van der Waals surface area contributed by atoms with Gasteiger partial charge >= 0.3 is 0 Å². The molecule has 6 heteroatoms. The largest absolute Gasteiger partial charge is 0.321 e. The number of rotatable bonds is 6. The number of nitrogens with zero attached hydrogens (tertiary/aromatic N) is 2. The summed E-state index contributed by atoms with van der Waals surface area (Å²) < 4.78 is 0. The van der Waals surface area contributed by atoms with Crippen LogP contribution in [0.15, 0.2) is 95.5 Å². The first-order valence-electron chi connectivity index (χ1n) is 11.1. The molecule has 1 saturated heterocycles. The van der Waals surface area contributed by atoms with Crippen LogP contribution in [0.1, 0.15) is 30.9 Å². The van der Waals surface area contributed by atoms with Crippen molar-refractivity contribution in [3.63, 3.8) is 0 Å². The lowest BCUT2D eigenvalue weighted by Crippen LogP contribution is -2.31. The zero-order chi connectivity index (χ0) is 24.1. The van der Waals surface area contributed by atoms with Crippen molar-refractivity contribution in [3.8, 4) is 6.07 Å². The van der Waals surface area contributed by atoms with Gasteiger partial charge < -0.3 is 5.32 Å². The number of nitriles is 1. The summed E-state index contributed by atoms with van der Waals surface area (Å²) in [5.74, 6) is -0.320. The minimum Gasteiger partial charge on any atom is -0.321 e. The van der Waals surface area contributed by atoms with Crippen LogP contribution in [-0.4, -0.2) is 17.1 Å². The first-order valence-corrected chi connectivity index (χ1v) is 12.0. The molecule has 0 radical (unpaired) electrons. The number of amides is 2. The molecule has 170 valence electrons. The van der Waals surface area contributed by atoms with Gasteiger partial charge in [-0.1, -0.05) is 86.3 Å². The molecule has 0 aromatic heterocycles. The van der Waals surface area contributed by atoms with E-state index in [9.17, 15) is 14.9 Å². The summed E-state index contributed by atoms with van der Waals surface area (Å²) in [7, 11) is 0. The number of nitrogens with one attached hydrogen (secondary N) is 1. The van der Waals surface area contributed by atoms with E-state index < -0.39 is 11.2 Å². The third kappa shape index (κ3) is 5.05. The highest BCUT2D eigenvalue weighted by molar-refractivity contribution is 8.05. The van der Waals surface area contributed by atoms with Gasteiger partial charge in [0.1, 0.15) is 16.7 Å². The number of hydrogen-bond donors (Lipinski definition) is 1. The molecule has 0 bridgehead atoms. The average Bonchev–Trinajstić information content (AvgIpc) is 3.16. The molecule has 0 spiro atoms. The van der Waals surface area contributed by atoms with Crippen LogP contribution in [0.25, 0.3) is 0 Å². The number of carbonyl (C=O) groups is 2.